The zero-order valence-corrected chi connectivity index (χ0v) is 15.4. The fourth-order valence-corrected chi connectivity index (χ4v) is 3.53. The number of benzene rings is 2. The van der Waals surface area contributed by atoms with Gasteiger partial charge in [-0.2, -0.15) is 9.71 Å². The fourth-order valence-electron chi connectivity index (χ4n) is 2.34. The molecule has 0 aliphatic carbocycles. The number of methoxy groups -OCH3 is 1. The maximum absolute atomic E-state index is 12.5. The van der Waals surface area contributed by atoms with E-state index in [4.69, 9.17) is 9.26 Å². The Kier molecular flexibility index (Phi) is 5.06. The Hall–Kier alpha value is -2.71. The Balaban J connectivity index is 1.77. The molecule has 1 heterocycles. The molecule has 0 amide bonds. The Labute approximate surface area is 152 Å². The fraction of sp³-hybridized carbons (Fsp3) is 0.222. The van der Waals surface area contributed by atoms with Crippen LogP contribution in [-0.4, -0.2) is 25.7 Å². The molecule has 0 aliphatic rings. The molecule has 0 unspecified atom stereocenters. The first-order valence-electron chi connectivity index (χ1n) is 7.96. The molecule has 136 valence electrons. The lowest BCUT2D eigenvalue weighted by Gasteiger charge is -2.10. The molecule has 1 aromatic heterocycles. The lowest BCUT2D eigenvalue weighted by Crippen LogP contribution is -2.27. The van der Waals surface area contributed by atoms with Crippen molar-refractivity contribution in [1.29, 1.82) is 0 Å². The minimum atomic E-state index is -3.68. The third-order valence-electron chi connectivity index (χ3n) is 3.82. The van der Waals surface area contributed by atoms with Gasteiger partial charge in [0.2, 0.25) is 21.7 Å². The normalized spacial score (nSPS) is 12.7. The van der Waals surface area contributed by atoms with Gasteiger partial charge >= 0.3 is 0 Å². The molecule has 1 atom stereocenters. The van der Waals surface area contributed by atoms with Gasteiger partial charge in [0.05, 0.1) is 18.0 Å². The quantitative estimate of drug-likeness (QED) is 0.713. The SMILES string of the molecule is COc1ccc(-c2noc([C@H](C)NS(=O)(=O)c3ccc(C)cc3)n2)cc1. The molecule has 0 saturated carbocycles. The van der Waals surface area contributed by atoms with E-state index >= 15 is 0 Å². The number of rotatable bonds is 6. The molecule has 7 nitrogen and oxygen atoms in total. The van der Waals surface area contributed by atoms with Crippen molar-refractivity contribution >= 4 is 10.0 Å². The lowest BCUT2D eigenvalue weighted by atomic mass is 10.2. The minimum absolute atomic E-state index is 0.185. The first kappa shape index (κ1) is 18.1. The number of sulfonamides is 1. The third kappa shape index (κ3) is 3.92. The van der Waals surface area contributed by atoms with E-state index in [9.17, 15) is 8.42 Å². The maximum atomic E-state index is 12.5. The number of hydrogen-bond donors (Lipinski definition) is 1. The molecule has 0 aliphatic heterocycles. The van der Waals surface area contributed by atoms with Gasteiger partial charge in [-0.05, 0) is 50.2 Å². The lowest BCUT2D eigenvalue weighted by molar-refractivity contribution is 0.354. The van der Waals surface area contributed by atoms with Crippen molar-refractivity contribution in [3.05, 3.63) is 60.0 Å². The summed E-state index contributed by atoms with van der Waals surface area (Å²) in [5, 5.41) is 3.92. The Morgan fingerprint density at radius 3 is 2.35 bits per heavy atom. The topological polar surface area (TPSA) is 94.3 Å². The summed E-state index contributed by atoms with van der Waals surface area (Å²) in [6.45, 7) is 3.54. The summed E-state index contributed by atoms with van der Waals surface area (Å²) >= 11 is 0. The van der Waals surface area contributed by atoms with Gasteiger partial charge in [-0.25, -0.2) is 8.42 Å². The molecule has 0 fully saturated rings. The van der Waals surface area contributed by atoms with Gasteiger partial charge < -0.3 is 9.26 Å². The van der Waals surface area contributed by atoms with Crippen molar-refractivity contribution in [1.82, 2.24) is 14.9 Å². The zero-order chi connectivity index (χ0) is 18.7. The zero-order valence-electron chi connectivity index (χ0n) is 14.6. The van der Waals surface area contributed by atoms with Gasteiger partial charge in [-0.3, -0.25) is 0 Å². The molecule has 8 heteroatoms. The molecule has 0 saturated heterocycles. The van der Waals surface area contributed by atoms with E-state index in [2.05, 4.69) is 14.9 Å². The number of nitrogens with zero attached hydrogens (tertiary/aromatic N) is 2. The summed E-state index contributed by atoms with van der Waals surface area (Å²) < 4.78 is 37.8. The van der Waals surface area contributed by atoms with Gasteiger partial charge in [0.1, 0.15) is 5.75 Å². The van der Waals surface area contributed by atoms with E-state index in [1.165, 1.54) is 0 Å². The van der Waals surface area contributed by atoms with Gasteiger partial charge in [0, 0.05) is 5.56 Å². The summed E-state index contributed by atoms with van der Waals surface area (Å²) in [5.41, 5.74) is 1.73. The van der Waals surface area contributed by atoms with E-state index < -0.39 is 16.1 Å². The minimum Gasteiger partial charge on any atom is -0.497 e. The van der Waals surface area contributed by atoms with Crippen LogP contribution in [0.1, 0.15) is 24.4 Å². The summed E-state index contributed by atoms with van der Waals surface area (Å²) in [7, 11) is -2.10. The Morgan fingerprint density at radius 2 is 1.73 bits per heavy atom. The Morgan fingerprint density at radius 1 is 1.08 bits per heavy atom. The standard InChI is InChI=1S/C18H19N3O4S/c1-12-4-10-16(11-5-12)26(22,23)21-13(2)18-19-17(20-25-18)14-6-8-15(24-3)9-7-14/h4-11,13,21H,1-3H3/t13-/m0/s1. The second-order valence-electron chi connectivity index (χ2n) is 5.84. The van der Waals surface area contributed by atoms with Gasteiger partial charge in [-0.15, -0.1) is 0 Å². The van der Waals surface area contributed by atoms with Crippen molar-refractivity contribution in [2.24, 2.45) is 0 Å². The van der Waals surface area contributed by atoms with Crippen molar-refractivity contribution < 1.29 is 17.7 Å². The van der Waals surface area contributed by atoms with Crippen LogP contribution in [0.15, 0.2) is 57.9 Å². The molecule has 3 rings (SSSR count). The highest BCUT2D eigenvalue weighted by Gasteiger charge is 2.22. The van der Waals surface area contributed by atoms with Crippen LogP contribution in [0.2, 0.25) is 0 Å². The number of aryl methyl sites for hydroxylation is 1. The number of aromatic nitrogens is 2. The molecular formula is C18H19N3O4S. The maximum Gasteiger partial charge on any atom is 0.244 e. The second-order valence-corrected chi connectivity index (χ2v) is 7.55. The van der Waals surface area contributed by atoms with Crippen LogP contribution in [0.25, 0.3) is 11.4 Å². The first-order chi connectivity index (χ1) is 12.4. The van der Waals surface area contributed by atoms with Crippen LogP contribution in [-0.2, 0) is 10.0 Å². The average molecular weight is 373 g/mol. The van der Waals surface area contributed by atoms with Crippen LogP contribution < -0.4 is 9.46 Å². The summed E-state index contributed by atoms with van der Waals surface area (Å²) in [5.74, 6) is 1.28. The van der Waals surface area contributed by atoms with Crippen LogP contribution >= 0.6 is 0 Å². The molecule has 1 N–H and O–H groups in total. The number of hydrogen-bond acceptors (Lipinski definition) is 6. The van der Waals surface area contributed by atoms with Crippen LogP contribution in [0.3, 0.4) is 0 Å². The van der Waals surface area contributed by atoms with E-state index in [0.29, 0.717) is 5.82 Å². The monoisotopic (exact) mass is 373 g/mol. The third-order valence-corrected chi connectivity index (χ3v) is 5.38. The Bertz CT molecular complexity index is 980. The van der Waals surface area contributed by atoms with Crippen molar-refractivity contribution in [3.63, 3.8) is 0 Å². The van der Waals surface area contributed by atoms with E-state index in [1.54, 1.807) is 62.6 Å². The summed E-state index contributed by atoms with van der Waals surface area (Å²) in [6, 6.07) is 13.1. The molecule has 2 aromatic carbocycles. The smallest absolute Gasteiger partial charge is 0.244 e. The summed E-state index contributed by atoms with van der Waals surface area (Å²) in [6.07, 6.45) is 0. The molecule has 0 spiro atoms. The van der Waals surface area contributed by atoms with Crippen LogP contribution in [0.4, 0.5) is 0 Å². The van der Waals surface area contributed by atoms with Crippen molar-refractivity contribution in [3.8, 4) is 17.1 Å². The number of nitrogens with one attached hydrogen (secondary N) is 1. The van der Waals surface area contributed by atoms with E-state index in [0.717, 1.165) is 16.9 Å². The largest absolute Gasteiger partial charge is 0.497 e. The molecule has 26 heavy (non-hydrogen) atoms. The molecule has 3 aromatic rings. The predicted octanol–water partition coefficient (Wildman–Crippen LogP) is 3.09. The first-order valence-corrected chi connectivity index (χ1v) is 9.44. The van der Waals surface area contributed by atoms with Crippen LogP contribution in [0.5, 0.6) is 5.75 Å². The van der Waals surface area contributed by atoms with E-state index in [-0.39, 0.29) is 10.8 Å². The van der Waals surface area contributed by atoms with E-state index in [1.807, 2.05) is 6.92 Å². The van der Waals surface area contributed by atoms with Crippen molar-refractivity contribution in [2.45, 2.75) is 24.8 Å². The average Bonchev–Trinajstić information content (AvgIpc) is 3.12. The number of ether oxygens (including phenoxy) is 1. The second kappa shape index (κ2) is 7.27. The molecule has 0 radical (unpaired) electrons. The molecular weight excluding hydrogens is 354 g/mol. The highest BCUT2D eigenvalue weighted by molar-refractivity contribution is 7.89. The van der Waals surface area contributed by atoms with Crippen molar-refractivity contribution in [2.75, 3.05) is 7.11 Å². The van der Waals surface area contributed by atoms with Gasteiger partial charge in [0.25, 0.3) is 0 Å². The molecule has 0 bridgehead atoms. The van der Waals surface area contributed by atoms with Crippen LogP contribution in [0, 0.1) is 6.92 Å². The van der Waals surface area contributed by atoms with Gasteiger partial charge in [-0.1, -0.05) is 22.9 Å². The highest BCUT2D eigenvalue weighted by atomic mass is 32.2. The summed E-state index contributed by atoms with van der Waals surface area (Å²) in [4.78, 5) is 4.47. The predicted molar refractivity (Wildman–Crippen MR) is 96.2 cm³/mol. The highest BCUT2D eigenvalue weighted by Crippen LogP contribution is 2.22. The van der Waals surface area contributed by atoms with Gasteiger partial charge in [0.15, 0.2) is 0 Å².